The first-order valence-electron chi connectivity index (χ1n) is 6.72. The van der Waals surface area contributed by atoms with E-state index in [2.05, 4.69) is 37.7 Å². The lowest BCUT2D eigenvalue weighted by Crippen LogP contribution is -2.20. The molecular weight excluding hydrogens is 348 g/mol. The lowest BCUT2D eigenvalue weighted by Gasteiger charge is -2.07. The van der Waals surface area contributed by atoms with Crippen molar-refractivity contribution >= 4 is 38.2 Å². The van der Waals surface area contributed by atoms with Crippen LogP contribution in [0.4, 0.5) is 0 Å². The highest BCUT2D eigenvalue weighted by atomic mass is 79.9. The van der Waals surface area contributed by atoms with Gasteiger partial charge in [0, 0.05) is 45.5 Å². The third kappa shape index (κ3) is 4.03. The first-order valence-corrected chi connectivity index (χ1v) is 8.40. The van der Waals surface area contributed by atoms with Gasteiger partial charge in [-0.15, -0.1) is 11.3 Å². The van der Waals surface area contributed by atoms with Crippen LogP contribution in [0.3, 0.4) is 0 Å². The molecule has 0 bridgehead atoms. The second kappa shape index (κ2) is 7.02. The highest BCUT2D eigenvalue weighted by molar-refractivity contribution is 9.10. The standard InChI is InChI=1S/C16H15BrN2OS/c17-13-8-15(21-11-13)10-18-6-7-20-14-4-3-12-2-1-5-19-16(12)9-14/h1-5,8-9,11,18H,6-7,10H2. The van der Waals surface area contributed by atoms with Crippen LogP contribution >= 0.6 is 27.3 Å². The first-order chi connectivity index (χ1) is 10.3. The molecule has 0 spiro atoms. The van der Waals surface area contributed by atoms with Crippen LogP contribution in [-0.4, -0.2) is 18.1 Å². The molecule has 3 rings (SSSR count). The minimum Gasteiger partial charge on any atom is -0.492 e. The minimum atomic E-state index is 0.644. The molecule has 1 N–H and O–H groups in total. The van der Waals surface area contributed by atoms with Crippen LogP contribution < -0.4 is 10.1 Å². The van der Waals surface area contributed by atoms with Gasteiger partial charge in [-0.05, 0) is 40.2 Å². The molecule has 0 radical (unpaired) electrons. The van der Waals surface area contributed by atoms with Crippen molar-refractivity contribution < 1.29 is 4.74 Å². The molecular formula is C16H15BrN2OS. The van der Waals surface area contributed by atoms with E-state index in [0.29, 0.717) is 6.61 Å². The minimum absolute atomic E-state index is 0.644. The Morgan fingerprint density at radius 2 is 2.19 bits per heavy atom. The molecule has 0 saturated heterocycles. The van der Waals surface area contributed by atoms with E-state index in [4.69, 9.17) is 4.74 Å². The maximum Gasteiger partial charge on any atom is 0.121 e. The molecule has 3 aromatic rings. The van der Waals surface area contributed by atoms with Gasteiger partial charge >= 0.3 is 0 Å². The molecule has 0 aliphatic heterocycles. The number of nitrogens with one attached hydrogen (secondary N) is 1. The Bertz CT molecular complexity index is 729. The van der Waals surface area contributed by atoms with Crippen molar-refractivity contribution in [3.8, 4) is 5.75 Å². The summed E-state index contributed by atoms with van der Waals surface area (Å²) >= 11 is 5.20. The Labute approximate surface area is 136 Å². The van der Waals surface area contributed by atoms with Crippen molar-refractivity contribution in [2.24, 2.45) is 0 Å². The Hall–Kier alpha value is -1.43. The SMILES string of the molecule is Brc1csc(CNCCOc2ccc3cccnc3c2)c1. The third-order valence-electron chi connectivity index (χ3n) is 3.05. The van der Waals surface area contributed by atoms with Gasteiger partial charge in [-0.1, -0.05) is 6.07 Å². The van der Waals surface area contributed by atoms with Crippen LogP contribution in [0.5, 0.6) is 5.75 Å². The number of pyridine rings is 1. The van der Waals surface area contributed by atoms with Gasteiger partial charge in [-0.25, -0.2) is 0 Å². The molecule has 0 fully saturated rings. The summed E-state index contributed by atoms with van der Waals surface area (Å²) in [7, 11) is 0. The number of aromatic nitrogens is 1. The molecule has 108 valence electrons. The van der Waals surface area contributed by atoms with Crippen molar-refractivity contribution in [3.05, 3.63) is 57.3 Å². The summed E-state index contributed by atoms with van der Waals surface area (Å²) in [6.07, 6.45) is 1.80. The summed E-state index contributed by atoms with van der Waals surface area (Å²) in [4.78, 5) is 5.65. The predicted octanol–water partition coefficient (Wildman–Crippen LogP) is 4.23. The molecule has 0 amide bonds. The molecule has 0 saturated carbocycles. The van der Waals surface area contributed by atoms with Crippen LogP contribution in [0, 0.1) is 0 Å². The summed E-state index contributed by atoms with van der Waals surface area (Å²) in [5.74, 6) is 0.863. The zero-order chi connectivity index (χ0) is 14.5. The largest absolute Gasteiger partial charge is 0.492 e. The second-order valence-corrected chi connectivity index (χ2v) is 6.53. The van der Waals surface area contributed by atoms with Crippen LogP contribution in [0.15, 0.2) is 52.4 Å². The summed E-state index contributed by atoms with van der Waals surface area (Å²) < 4.78 is 6.89. The topological polar surface area (TPSA) is 34.1 Å². The van der Waals surface area contributed by atoms with E-state index in [-0.39, 0.29) is 0 Å². The zero-order valence-electron chi connectivity index (χ0n) is 11.4. The molecule has 0 aliphatic carbocycles. The maximum atomic E-state index is 5.75. The monoisotopic (exact) mass is 362 g/mol. The van der Waals surface area contributed by atoms with E-state index in [1.807, 2.05) is 30.3 Å². The van der Waals surface area contributed by atoms with E-state index in [1.54, 1.807) is 17.5 Å². The normalized spacial score (nSPS) is 10.9. The van der Waals surface area contributed by atoms with Gasteiger partial charge in [0.2, 0.25) is 0 Å². The molecule has 2 heterocycles. The number of ether oxygens (including phenoxy) is 1. The molecule has 0 unspecified atom stereocenters. The number of halogens is 1. The Morgan fingerprint density at radius 1 is 1.24 bits per heavy atom. The summed E-state index contributed by atoms with van der Waals surface area (Å²) in [6, 6.07) is 12.1. The summed E-state index contributed by atoms with van der Waals surface area (Å²) in [6.45, 7) is 2.33. The van der Waals surface area contributed by atoms with E-state index >= 15 is 0 Å². The number of benzene rings is 1. The van der Waals surface area contributed by atoms with E-state index in [0.717, 1.165) is 34.2 Å². The van der Waals surface area contributed by atoms with Gasteiger partial charge in [0.25, 0.3) is 0 Å². The van der Waals surface area contributed by atoms with Gasteiger partial charge in [0.05, 0.1) is 5.52 Å². The van der Waals surface area contributed by atoms with E-state index in [1.165, 1.54) is 4.88 Å². The molecule has 5 heteroatoms. The number of fused-ring (bicyclic) bond motifs is 1. The lowest BCUT2D eigenvalue weighted by atomic mass is 10.2. The summed E-state index contributed by atoms with van der Waals surface area (Å²) in [5.41, 5.74) is 0.964. The lowest BCUT2D eigenvalue weighted by molar-refractivity contribution is 0.314. The van der Waals surface area contributed by atoms with Crippen molar-refractivity contribution in [1.29, 1.82) is 0 Å². The van der Waals surface area contributed by atoms with Gasteiger partial charge < -0.3 is 10.1 Å². The number of hydrogen-bond donors (Lipinski definition) is 1. The highest BCUT2D eigenvalue weighted by Gasteiger charge is 1.99. The third-order valence-corrected chi connectivity index (χ3v) is 4.74. The van der Waals surface area contributed by atoms with Crippen LogP contribution in [0.2, 0.25) is 0 Å². The van der Waals surface area contributed by atoms with Crippen LogP contribution in [0.25, 0.3) is 10.9 Å². The zero-order valence-corrected chi connectivity index (χ0v) is 13.8. The highest BCUT2D eigenvalue weighted by Crippen LogP contribution is 2.20. The van der Waals surface area contributed by atoms with Gasteiger partial charge in [0.1, 0.15) is 12.4 Å². The summed E-state index contributed by atoms with van der Waals surface area (Å²) in [5, 5.41) is 6.60. The molecule has 21 heavy (non-hydrogen) atoms. The van der Waals surface area contributed by atoms with E-state index < -0.39 is 0 Å². The number of thiophene rings is 1. The van der Waals surface area contributed by atoms with Crippen molar-refractivity contribution in [3.63, 3.8) is 0 Å². The fourth-order valence-electron chi connectivity index (χ4n) is 2.04. The Morgan fingerprint density at radius 3 is 3.05 bits per heavy atom. The van der Waals surface area contributed by atoms with Gasteiger partial charge in [0.15, 0.2) is 0 Å². The molecule has 2 aromatic heterocycles. The number of nitrogens with zero attached hydrogens (tertiary/aromatic N) is 1. The van der Waals surface area contributed by atoms with Crippen LogP contribution in [0.1, 0.15) is 4.88 Å². The van der Waals surface area contributed by atoms with E-state index in [9.17, 15) is 0 Å². The molecule has 1 aromatic carbocycles. The molecule has 0 aliphatic rings. The molecule has 3 nitrogen and oxygen atoms in total. The Balaban J connectivity index is 1.46. The first kappa shape index (κ1) is 14.5. The number of rotatable bonds is 6. The maximum absolute atomic E-state index is 5.75. The van der Waals surface area contributed by atoms with Crippen molar-refractivity contribution in [1.82, 2.24) is 10.3 Å². The fraction of sp³-hybridized carbons (Fsp3) is 0.188. The second-order valence-electron chi connectivity index (χ2n) is 4.61. The smallest absolute Gasteiger partial charge is 0.121 e. The Kier molecular flexibility index (Phi) is 4.85. The average molecular weight is 363 g/mol. The predicted molar refractivity (Wildman–Crippen MR) is 91.0 cm³/mol. The van der Waals surface area contributed by atoms with Gasteiger partial charge in [-0.3, -0.25) is 4.98 Å². The average Bonchev–Trinajstić information content (AvgIpc) is 2.92. The quantitative estimate of drug-likeness (QED) is 0.666. The fourth-order valence-corrected chi connectivity index (χ4v) is 3.46. The molecule has 0 atom stereocenters. The van der Waals surface area contributed by atoms with Crippen molar-refractivity contribution in [2.45, 2.75) is 6.54 Å². The van der Waals surface area contributed by atoms with Crippen LogP contribution in [-0.2, 0) is 6.54 Å². The van der Waals surface area contributed by atoms with Crippen molar-refractivity contribution in [2.75, 3.05) is 13.2 Å². The number of hydrogen-bond acceptors (Lipinski definition) is 4. The van der Waals surface area contributed by atoms with Gasteiger partial charge in [-0.2, -0.15) is 0 Å².